The molecule has 98 valence electrons. The van der Waals surface area contributed by atoms with Crippen LogP contribution in [0.5, 0.6) is 11.5 Å². The molecule has 3 nitrogen and oxygen atoms in total. The van der Waals surface area contributed by atoms with Crippen molar-refractivity contribution in [1.82, 2.24) is 0 Å². The Morgan fingerprint density at radius 1 is 1.28 bits per heavy atom. The largest absolute Gasteiger partial charge is 0.496 e. The van der Waals surface area contributed by atoms with Crippen molar-refractivity contribution in [2.24, 2.45) is 5.92 Å². The van der Waals surface area contributed by atoms with Crippen LogP contribution in [0.1, 0.15) is 43.0 Å². The van der Waals surface area contributed by atoms with Crippen molar-refractivity contribution < 1.29 is 14.3 Å². The van der Waals surface area contributed by atoms with Crippen LogP contribution in [0.2, 0.25) is 0 Å². The minimum Gasteiger partial charge on any atom is -0.496 e. The van der Waals surface area contributed by atoms with Crippen molar-refractivity contribution >= 4 is 5.78 Å². The average Bonchev–Trinajstić information content (AvgIpc) is 2.88. The third-order valence-corrected chi connectivity index (χ3v) is 3.51. The maximum atomic E-state index is 11.7. The van der Waals surface area contributed by atoms with Gasteiger partial charge in [0.15, 0.2) is 5.78 Å². The van der Waals surface area contributed by atoms with Gasteiger partial charge in [-0.1, -0.05) is 18.9 Å². The SMILES string of the molecule is COc1cccc(OCC2CCCC2)c1C(C)=O. The molecule has 0 saturated heterocycles. The van der Waals surface area contributed by atoms with Crippen molar-refractivity contribution in [3.05, 3.63) is 23.8 Å². The monoisotopic (exact) mass is 248 g/mol. The molecule has 0 heterocycles. The van der Waals surface area contributed by atoms with Crippen LogP contribution in [0.3, 0.4) is 0 Å². The molecule has 1 aliphatic rings. The summed E-state index contributed by atoms with van der Waals surface area (Å²) in [4.78, 5) is 11.7. The lowest BCUT2D eigenvalue weighted by Gasteiger charge is -2.15. The number of carbonyl (C=O) groups excluding carboxylic acids is 1. The van der Waals surface area contributed by atoms with Gasteiger partial charge in [0.1, 0.15) is 17.1 Å². The second-order valence-corrected chi connectivity index (χ2v) is 4.85. The molecule has 1 fully saturated rings. The van der Waals surface area contributed by atoms with E-state index in [4.69, 9.17) is 9.47 Å². The van der Waals surface area contributed by atoms with Gasteiger partial charge in [-0.15, -0.1) is 0 Å². The van der Waals surface area contributed by atoms with Gasteiger partial charge in [0.2, 0.25) is 0 Å². The smallest absolute Gasteiger partial charge is 0.167 e. The molecule has 0 bridgehead atoms. The van der Waals surface area contributed by atoms with E-state index in [2.05, 4.69) is 0 Å². The van der Waals surface area contributed by atoms with Gasteiger partial charge in [-0.2, -0.15) is 0 Å². The third-order valence-electron chi connectivity index (χ3n) is 3.51. The molecule has 0 unspecified atom stereocenters. The Labute approximate surface area is 108 Å². The molecular formula is C15H20O3. The van der Waals surface area contributed by atoms with Crippen LogP contribution in [-0.4, -0.2) is 19.5 Å². The van der Waals surface area contributed by atoms with E-state index < -0.39 is 0 Å². The molecule has 1 aromatic carbocycles. The van der Waals surface area contributed by atoms with Crippen molar-refractivity contribution in [3.8, 4) is 11.5 Å². The van der Waals surface area contributed by atoms with Crippen LogP contribution < -0.4 is 9.47 Å². The molecule has 0 atom stereocenters. The normalized spacial score (nSPS) is 15.7. The van der Waals surface area contributed by atoms with E-state index in [1.54, 1.807) is 20.1 Å². The van der Waals surface area contributed by atoms with E-state index in [-0.39, 0.29) is 5.78 Å². The fourth-order valence-electron chi connectivity index (χ4n) is 2.53. The van der Waals surface area contributed by atoms with Crippen molar-refractivity contribution in [2.75, 3.05) is 13.7 Å². The molecule has 1 aliphatic carbocycles. The molecule has 1 aromatic rings. The van der Waals surface area contributed by atoms with Crippen LogP contribution in [0.15, 0.2) is 18.2 Å². The highest BCUT2D eigenvalue weighted by atomic mass is 16.5. The highest BCUT2D eigenvalue weighted by molar-refractivity contribution is 5.99. The topological polar surface area (TPSA) is 35.5 Å². The standard InChI is InChI=1S/C15H20O3/c1-11(16)15-13(17-2)8-5-9-14(15)18-10-12-6-3-4-7-12/h5,8-9,12H,3-4,6-7,10H2,1-2H3. The van der Waals surface area contributed by atoms with Gasteiger partial charge >= 0.3 is 0 Å². The molecule has 0 aliphatic heterocycles. The summed E-state index contributed by atoms with van der Waals surface area (Å²) in [6, 6.07) is 5.49. The molecule has 0 spiro atoms. The fraction of sp³-hybridized carbons (Fsp3) is 0.533. The number of carbonyl (C=O) groups is 1. The quantitative estimate of drug-likeness (QED) is 0.748. The van der Waals surface area contributed by atoms with E-state index in [0.717, 1.165) is 0 Å². The zero-order valence-electron chi connectivity index (χ0n) is 11.1. The lowest BCUT2D eigenvalue weighted by molar-refractivity contribution is 0.100. The summed E-state index contributed by atoms with van der Waals surface area (Å²) >= 11 is 0. The van der Waals surface area contributed by atoms with E-state index in [9.17, 15) is 4.79 Å². The number of rotatable bonds is 5. The Hall–Kier alpha value is -1.51. The van der Waals surface area contributed by atoms with E-state index >= 15 is 0 Å². The maximum Gasteiger partial charge on any atom is 0.167 e. The summed E-state index contributed by atoms with van der Waals surface area (Å²) in [5, 5.41) is 0. The molecule has 3 heteroatoms. The number of methoxy groups -OCH3 is 1. The van der Waals surface area contributed by atoms with E-state index in [0.29, 0.717) is 29.6 Å². The zero-order valence-corrected chi connectivity index (χ0v) is 11.1. The Morgan fingerprint density at radius 2 is 1.94 bits per heavy atom. The number of hydrogen-bond donors (Lipinski definition) is 0. The summed E-state index contributed by atoms with van der Waals surface area (Å²) in [5.74, 6) is 1.85. The summed E-state index contributed by atoms with van der Waals surface area (Å²) < 4.78 is 11.0. The number of ketones is 1. The van der Waals surface area contributed by atoms with Gasteiger partial charge < -0.3 is 9.47 Å². The zero-order chi connectivity index (χ0) is 13.0. The molecular weight excluding hydrogens is 228 g/mol. The fourth-order valence-corrected chi connectivity index (χ4v) is 2.53. The van der Waals surface area contributed by atoms with Gasteiger partial charge in [-0.25, -0.2) is 0 Å². The Kier molecular flexibility index (Phi) is 4.24. The number of ether oxygens (including phenoxy) is 2. The lowest BCUT2D eigenvalue weighted by atomic mass is 10.1. The first-order valence-corrected chi connectivity index (χ1v) is 6.53. The van der Waals surface area contributed by atoms with Gasteiger partial charge in [-0.05, 0) is 37.8 Å². The van der Waals surface area contributed by atoms with E-state index in [1.807, 2.05) is 12.1 Å². The lowest BCUT2D eigenvalue weighted by Crippen LogP contribution is -2.10. The van der Waals surface area contributed by atoms with Crippen LogP contribution in [0.25, 0.3) is 0 Å². The molecule has 1 saturated carbocycles. The van der Waals surface area contributed by atoms with Crippen LogP contribution in [0, 0.1) is 5.92 Å². The highest BCUT2D eigenvalue weighted by Gasteiger charge is 2.18. The van der Waals surface area contributed by atoms with Gasteiger partial charge in [-0.3, -0.25) is 4.79 Å². The molecule has 0 amide bonds. The predicted molar refractivity (Wildman–Crippen MR) is 70.5 cm³/mol. The molecule has 0 N–H and O–H groups in total. The maximum absolute atomic E-state index is 11.7. The summed E-state index contributed by atoms with van der Waals surface area (Å²) in [6.45, 7) is 2.24. The number of Topliss-reactive ketones (excluding diaryl/α,β-unsaturated/α-hetero) is 1. The third kappa shape index (κ3) is 2.84. The molecule has 2 rings (SSSR count). The Balaban J connectivity index is 2.13. The van der Waals surface area contributed by atoms with Crippen molar-refractivity contribution in [3.63, 3.8) is 0 Å². The average molecular weight is 248 g/mol. The van der Waals surface area contributed by atoms with Crippen LogP contribution in [-0.2, 0) is 0 Å². The molecule has 0 radical (unpaired) electrons. The predicted octanol–water partition coefficient (Wildman–Crippen LogP) is 3.47. The summed E-state index contributed by atoms with van der Waals surface area (Å²) in [7, 11) is 1.57. The van der Waals surface area contributed by atoms with Crippen LogP contribution >= 0.6 is 0 Å². The number of benzene rings is 1. The number of hydrogen-bond acceptors (Lipinski definition) is 3. The first kappa shape index (κ1) is 12.9. The van der Waals surface area contributed by atoms with Gasteiger partial charge in [0.25, 0.3) is 0 Å². The first-order valence-electron chi connectivity index (χ1n) is 6.53. The summed E-state index contributed by atoms with van der Waals surface area (Å²) in [5.41, 5.74) is 0.554. The minimum atomic E-state index is -0.0196. The highest BCUT2D eigenvalue weighted by Crippen LogP contribution is 2.31. The minimum absolute atomic E-state index is 0.0196. The second kappa shape index (κ2) is 5.89. The Bertz CT molecular complexity index is 420. The Morgan fingerprint density at radius 3 is 2.56 bits per heavy atom. The second-order valence-electron chi connectivity index (χ2n) is 4.85. The first-order chi connectivity index (χ1) is 8.72. The van der Waals surface area contributed by atoms with Crippen LogP contribution in [0.4, 0.5) is 0 Å². The molecule has 0 aromatic heterocycles. The molecule has 18 heavy (non-hydrogen) atoms. The van der Waals surface area contributed by atoms with Crippen molar-refractivity contribution in [1.29, 1.82) is 0 Å². The van der Waals surface area contributed by atoms with Gasteiger partial charge in [0.05, 0.1) is 13.7 Å². The van der Waals surface area contributed by atoms with E-state index in [1.165, 1.54) is 25.7 Å². The van der Waals surface area contributed by atoms with Gasteiger partial charge in [0, 0.05) is 0 Å². The van der Waals surface area contributed by atoms with Crippen molar-refractivity contribution in [2.45, 2.75) is 32.6 Å². The summed E-state index contributed by atoms with van der Waals surface area (Å²) in [6.07, 6.45) is 5.07.